The van der Waals surface area contributed by atoms with Gasteiger partial charge in [-0.05, 0) is 30.3 Å². The van der Waals surface area contributed by atoms with E-state index < -0.39 is 24.5 Å². The molecule has 2 N–H and O–H groups in total. The summed E-state index contributed by atoms with van der Waals surface area (Å²) < 4.78 is 37.3. The number of carbonyl (C=O) groups excluding carboxylic acids is 2. The van der Waals surface area contributed by atoms with Crippen LogP contribution >= 0.6 is 22.9 Å². The van der Waals surface area contributed by atoms with Crippen LogP contribution in [-0.2, 0) is 0 Å². The summed E-state index contributed by atoms with van der Waals surface area (Å²) in [5.74, 6) is -1.26. The van der Waals surface area contributed by atoms with Gasteiger partial charge in [0.2, 0.25) is 0 Å². The van der Waals surface area contributed by atoms with Gasteiger partial charge in [0, 0.05) is 21.3 Å². The lowest BCUT2D eigenvalue weighted by atomic mass is 10.2. The Bertz CT molecular complexity index is 1000. The van der Waals surface area contributed by atoms with Gasteiger partial charge < -0.3 is 10.6 Å². The number of carbonyl (C=O) groups is 2. The smallest absolute Gasteiger partial charge is 0.343 e. The maximum Gasteiger partial charge on any atom is 0.405 e. The minimum atomic E-state index is -4.48. The summed E-state index contributed by atoms with van der Waals surface area (Å²) in [4.78, 5) is 24.5. The molecule has 1 heterocycles. The molecule has 3 rings (SSSR count). The quantitative estimate of drug-likeness (QED) is 0.626. The highest BCUT2D eigenvalue weighted by atomic mass is 35.5. The predicted octanol–water partition coefficient (Wildman–Crippen LogP) is 5.10. The molecule has 27 heavy (non-hydrogen) atoms. The molecule has 0 aliphatic rings. The summed E-state index contributed by atoms with van der Waals surface area (Å²) in [5.41, 5.74) is 0.443. The second kappa shape index (κ2) is 7.58. The number of anilines is 1. The topological polar surface area (TPSA) is 58.2 Å². The van der Waals surface area contributed by atoms with Gasteiger partial charge in [0.25, 0.3) is 11.8 Å². The molecule has 3 aromatic rings. The average molecular weight is 413 g/mol. The van der Waals surface area contributed by atoms with Crippen LogP contribution in [0.5, 0.6) is 0 Å². The van der Waals surface area contributed by atoms with Crippen molar-refractivity contribution in [2.75, 3.05) is 11.9 Å². The van der Waals surface area contributed by atoms with E-state index in [0.717, 1.165) is 10.1 Å². The van der Waals surface area contributed by atoms with Gasteiger partial charge in [-0.15, -0.1) is 11.3 Å². The normalized spacial score (nSPS) is 11.4. The molecule has 0 spiro atoms. The number of amides is 2. The maximum atomic E-state index is 12.4. The molecule has 0 atom stereocenters. The van der Waals surface area contributed by atoms with Crippen molar-refractivity contribution < 1.29 is 22.8 Å². The molecule has 0 saturated heterocycles. The van der Waals surface area contributed by atoms with Gasteiger partial charge in [0.15, 0.2) is 0 Å². The lowest BCUT2D eigenvalue weighted by molar-refractivity contribution is -0.123. The Kier molecular flexibility index (Phi) is 5.38. The van der Waals surface area contributed by atoms with Crippen LogP contribution < -0.4 is 10.6 Å². The van der Waals surface area contributed by atoms with E-state index in [0.29, 0.717) is 15.6 Å². The molecule has 140 valence electrons. The molecule has 0 bridgehead atoms. The first-order valence-corrected chi connectivity index (χ1v) is 8.87. The number of nitrogens with one attached hydrogen (secondary N) is 2. The highest BCUT2D eigenvalue weighted by Gasteiger charge is 2.27. The summed E-state index contributed by atoms with van der Waals surface area (Å²) in [6.45, 7) is -1.41. The molecule has 0 aliphatic carbocycles. The van der Waals surface area contributed by atoms with E-state index in [1.54, 1.807) is 5.32 Å². The van der Waals surface area contributed by atoms with Crippen LogP contribution in [-0.4, -0.2) is 24.5 Å². The summed E-state index contributed by atoms with van der Waals surface area (Å²) in [5, 5.41) is 5.58. The third-order valence-electron chi connectivity index (χ3n) is 3.60. The van der Waals surface area contributed by atoms with E-state index in [-0.39, 0.29) is 5.56 Å². The van der Waals surface area contributed by atoms with Crippen LogP contribution in [0.25, 0.3) is 10.1 Å². The second-order valence-electron chi connectivity index (χ2n) is 5.57. The molecule has 4 nitrogen and oxygen atoms in total. The Hall–Kier alpha value is -2.58. The third kappa shape index (κ3) is 4.58. The molecular formula is C18H12ClF3N2O2S. The number of halogens is 4. The molecule has 2 amide bonds. The van der Waals surface area contributed by atoms with Crippen molar-refractivity contribution in [3.8, 4) is 0 Å². The molecule has 9 heteroatoms. The summed E-state index contributed by atoms with van der Waals surface area (Å²) >= 11 is 7.51. The SMILES string of the molecule is O=C(NCC(F)(F)F)c1ccc(NC(=O)c2sc3ccccc3c2Cl)cc1. The van der Waals surface area contributed by atoms with E-state index in [1.165, 1.54) is 35.6 Å². The van der Waals surface area contributed by atoms with Crippen molar-refractivity contribution in [2.24, 2.45) is 0 Å². The van der Waals surface area contributed by atoms with E-state index in [2.05, 4.69) is 5.32 Å². The Morgan fingerprint density at radius 1 is 1.00 bits per heavy atom. The molecule has 0 aliphatic heterocycles. The highest BCUT2D eigenvalue weighted by Crippen LogP contribution is 2.35. The van der Waals surface area contributed by atoms with E-state index in [1.807, 2.05) is 24.3 Å². The minimum Gasteiger partial charge on any atom is -0.343 e. The number of fused-ring (bicyclic) bond motifs is 1. The Morgan fingerprint density at radius 2 is 1.67 bits per heavy atom. The van der Waals surface area contributed by atoms with Crippen molar-refractivity contribution in [1.29, 1.82) is 0 Å². The first kappa shape index (κ1) is 19.2. The first-order chi connectivity index (χ1) is 12.7. The van der Waals surface area contributed by atoms with Crippen molar-refractivity contribution in [1.82, 2.24) is 5.32 Å². The number of hydrogen-bond acceptors (Lipinski definition) is 3. The molecule has 0 saturated carbocycles. The third-order valence-corrected chi connectivity index (χ3v) is 5.27. The van der Waals surface area contributed by atoms with E-state index >= 15 is 0 Å². The number of alkyl halides is 3. The van der Waals surface area contributed by atoms with Crippen LogP contribution in [0.2, 0.25) is 5.02 Å². The highest BCUT2D eigenvalue weighted by molar-refractivity contribution is 7.21. The fraction of sp³-hybridized carbons (Fsp3) is 0.111. The zero-order valence-electron chi connectivity index (χ0n) is 13.6. The number of rotatable bonds is 4. The summed E-state index contributed by atoms with van der Waals surface area (Å²) in [7, 11) is 0. The van der Waals surface area contributed by atoms with Crippen molar-refractivity contribution >= 4 is 50.5 Å². The molecule has 0 unspecified atom stereocenters. The second-order valence-corrected chi connectivity index (χ2v) is 7.00. The molecule has 0 fully saturated rings. The van der Waals surface area contributed by atoms with Gasteiger partial charge in [0.05, 0.1) is 5.02 Å². The lowest BCUT2D eigenvalue weighted by Crippen LogP contribution is -2.33. The first-order valence-electron chi connectivity index (χ1n) is 7.68. The van der Waals surface area contributed by atoms with Crippen molar-refractivity contribution in [3.05, 3.63) is 64.0 Å². The van der Waals surface area contributed by atoms with Crippen molar-refractivity contribution in [2.45, 2.75) is 6.18 Å². The van der Waals surface area contributed by atoms with Gasteiger partial charge in [-0.2, -0.15) is 13.2 Å². The lowest BCUT2D eigenvalue weighted by Gasteiger charge is -2.09. The fourth-order valence-corrected chi connectivity index (χ4v) is 3.75. The predicted molar refractivity (Wildman–Crippen MR) is 99.6 cm³/mol. The van der Waals surface area contributed by atoms with Crippen LogP contribution in [0.3, 0.4) is 0 Å². The Balaban J connectivity index is 1.69. The monoisotopic (exact) mass is 412 g/mol. The molecule has 1 aromatic heterocycles. The Morgan fingerprint density at radius 3 is 2.30 bits per heavy atom. The summed E-state index contributed by atoms with van der Waals surface area (Å²) in [6, 6.07) is 12.9. The standard InChI is InChI=1S/C18H12ClF3N2O2S/c19-14-12-3-1-2-4-13(12)27-15(14)17(26)24-11-7-5-10(6-8-11)16(25)23-9-18(20,21)22/h1-8H,9H2,(H,23,25)(H,24,26). The van der Waals surface area contributed by atoms with Crippen LogP contribution in [0.15, 0.2) is 48.5 Å². The molecule has 0 radical (unpaired) electrons. The van der Waals surface area contributed by atoms with Gasteiger partial charge in [0.1, 0.15) is 11.4 Å². The van der Waals surface area contributed by atoms with Gasteiger partial charge >= 0.3 is 6.18 Å². The molecular weight excluding hydrogens is 401 g/mol. The van der Waals surface area contributed by atoms with Gasteiger partial charge in [-0.3, -0.25) is 9.59 Å². The summed E-state index contributed by atoms with van der Waals surface area (Å²) in [6.07, 6.45) is -4.48. The van der Waals surface area contributed by atoms with Crippen LogP contribution in [0, 0.1) is 0 Å². The Labute approximate surface area is 160 Å². The largest absolute Gasteiger partial charge is 0.405 e. The average Bonchev–Trinajstić information content (AvgIpc) is 2.97. The van der Waals surface area contributed by atoms with Gasteiger partial charge in [-0.1, -0.05) is 29.8 Å². The zero-order chi connectivity index (χ0) is 19.6. The molecule has 2 aromatic carbocycles. The zero-order valence-corrected chi connectivity index (χ0v) is 15.1. The number of hydrogen-bond donors (Lipinski definition) is 2. The van der Waals surface area contributed by atoms with Gasteiger partial charge in [-0.25, -0.2) is 0 Å². The fourth-order valence-electron chi connectivity index (χ4n) is 2.34. The number of benzene rings is 2. The van der Waals surface area contributed by atoms with Crippen molar-refractivity contribution in [3.63, 3.8) is 0 Å². The van der Waals surface area contributed by atoms with Crippen LogP contribution in [0.4, 0.5) is 18.9 Å². The van der Waals surface area contributed by atoms with Crippen LogP contribution in [0.1, 0.15) is 20.0 Å². The van der Waals surface area contributed by atoms with E-state index in [4.69, 9.17) is 11.6 Å². The maximum absolute atomic E-state index is 12.4. The minimum absolute atomic E-state index is 0.0529. The van der Waals surface area contributed by atoms with E-state index in [9.17, 15) is 22.8 Å². The number of thiophene rings is 1.